The van der Waals surface area contributed by atoms with E-state index >= 15 is 0 Å². The molecule has 0 aromatic heterocycles. The summed E-state index contributed by atoms with van der Waals surface area (Å²) in [4.78, 5) is 10.9. The fourth-order valence-electron chi connectivity index (χ4n) is 0.847. The Morgan fingerprint density at radius 3 is 2.50 bits per heavy atom. The minimum atomic E-state index is -3.51. The van der Waals surface area contributed by atoms with Crippen LogP contribution in [0, 0.1) is 0 Å². The average Bonchev–Trinajstić information content (AvgIpc) is 2.13. The Morgan fingerprint density at radius 1 is 1.57 bits per heavy atom. The van der Waals surface area contributed by atoms with Crippen molar-refractivity contribution in [2.75, 3.05) is 19.5 Å². The van der Waals surface area contributed by atoms with Gasteiger partial charge in [-0.05, 0) is 6.42 Å². The highest BCUT2D eigenvalue weighted by Gasteiger charge is 2.23. The van der Waals surface area contributed by atoms with Crippen molar-refractivity contribution in [1.29, 1.82) is 0 Å². The predicted molar refractivity (Wildman–Crippen MR) is 50.1 cm³/mol. The summed E-state index contributed by atoms with van der Waals surface area (Å²) in [6.45, 7) is 1.08. The van der Waals surface area contributed by atoms with E-state index in [2.05, 4.69) is 4.74 Å². The lowest BCUT2D eigenvalue weighted by Crippen LogP contribution is -2.44. The molecule has 0 saturated heterocycles. The second-order valence-corrected chi connectivity index (χ2v) is 4.57. The van der Waals surface area contributed by atoms with Crippen molar-refractivity contribution in [1.82, 2.24) is 4.72 Å². The third-order valence-electron chi connectivity index (χ3n) is 1.46. The average molecular weight is 225 g/mol. The number of hydrogen-bond donors (Lipinski definition) is 2. The summed E-state index contributed by atoms with van der Waals surface area (Å²) in [6, 6.07) is -1.21. The second kappa shape index (κ2) is 5.94. The molecule has 0 saturated carbocycles. The van der Waals surface area contributed by atoms with Crippen molar-refractivity contribution in [3.63, 3.8) is 0 Å². The van der Waals surface area contributed by atoms with E-state index in [4.69, 9.17) is 5.11 Å². The normalized spacial score (nSPS) is 13.6. The molecular weight excluding hydrogens is 210 g/mol. The van der Waals surface area contributed by atoms with Gasteiger partial charge in [0.05, 0.1) is 19.5 Å². The van der Waals surface area contributed by atoms with Gasteiger partial charge in [0, 0.05) is 0 Å². The van der Waals surface area contributed by atoms with Crippen LogP contribution in [0.2, 0.25) is 0 Å². The lowest BCUT2D eigenvalue weighted by atomic mass is 10.3. The molecule has 2 N–H and O–H groups in total. The van der Waals surface area contributed by atoms with Gasteiger partial charge in [0.2, 0.25) is 10.0 Å². The standard InChI is InChI=1S/C7H15NO5S/c1-3-4-14(11,12)8-6(5-9)7(10)13-2/h6,8-9H,3-5H2,1-2H3. The number of carbonyl (C=O) groups is 1. The minimum absolute atomic E-state index is 0.0828. The molecule has 0 amide bonds. The number of carbonyl (C=O) groups excluding carboxylic acids is 1. The van der Waals surface area contributed by atoms with Crippen molar-refractivity contribution in [3.8, 4) is 0 Å². The first-order chi connectivity index (χ1) is 6.46. The van der Waals surface area contributed by atoms with Crippen LogP contribution in [-0.4, -0.2) is 45.0 Å². The molecule has 1 atom stereocenters. The molecule has 1 unspecified atom stereocenters. The van der Waals surface area contributed by atoms with Crippen LogP contribution in [0.4, 0.5) is 0 Å². The number of sulfonamides is 1. The smallest absolute Gasteiger partial charge is 0.326 e. The van der Waals surface area contributed by atoms with Crippen molar-refractivity contribution in [3.05, 3.63) is 0 Å². The molecule has 84 valence electrons. The van der Waals surface area contributed by atoms with Crippen molar-refractivity contribution < 1.29 is 23.1 Å². The number of methoxy groups -OCH3 is 1. The number of nitrogens with one attached hydrogen (secondary N) is 1. The Hall–Kier alpha value is -0.660. The summed E-state index contributed by atoms with van der Waals surface area (Å²) in [5, 5.41) is 8.73. The molecule has 0 radical (unpaired) electrons. The van der Waals surface area contributed by atoms with Gasteiger partial charge in [-0.25, -0.2) is 8.42 Å². The van der Waals surface area contributed by atoms with Crippen LogP contribution >= 0.6 is 0 Å². The Labute approximate surface area is 83.3 Å². The van der Waals surface area contributed by atoms with Crippen LogP contribution in [0.25, 0.3) is 0 Å². The lowest BCUT2D eigenvalue weighted by molar-refractivity contribution is -0.143. The van der Waals surface area contributed by atoms with E-state index < -0.39 is 28.6 Å². The lowest BCUT2D eigenvalue weighted by Gasteiger charge is -2.13. The summed E-state index contributed by atoms with van der Waals surface area (Å²) in [7, 11) is -2.38. The summed E-state index contributed by atoms with van der Waals surface area (Å²) < 4.78 is 28.7. The highest BCUT2D eigenvalue weighted by atomic mass is 32.2. The van der Waals surface area contributed by atoms with Crippen molar-refractivity contribution >= 4 is 16.0 Å². The van der Waals surface area contributed by atoms with Gasteiger partial charge in [-0.1, -0.05) is 6.92 Å². The molecule has 0 aliphatic carbocycles. The Bertz CT molecular complexity index is 274. The van der Waals surface area contributed by atoms with Gasteiger partial charge in [-0.2, -0.15) is 4.72 Å². The molecular formula is C7H15NO5S. The molecule has 0 rings (SSSR count). The first kappa shape index (κ1) is 13.3. The van der Waals surface area contributed by atoms with E-state index in [1.54, 1.807) is 6.92 Å². The monoisotopic (exact) mass is 225 g/mol. The fourth-order valence-corrected chi connectivity index (χ4v) is 2.11. The SMILES string of the molecule is CCCS(=O)(=O)NC(CO)C(=O)OC. The van der Waals surface area contributed by atoms with Crippen molar-refractivity contribution in [2.45, 2.75) is 19.4 Å². The Balaban J connectivity index is 4.39. The molecule has 14 heavy (non-hydrogen) atoms. The third-order valence-corrected chi connectivity index (χ3v) is 3.05. The molecule has 0 aliphatic rings. The van der Waals surface area contributed by atoms with Gasteiger partial charge in [-0.3, -0.25) is 4.79 Å². The number of aliphatic hydroxyl groups is 1. The maximum absolute atomic E-state index is 11.2. The van der Waals surface area contributed by atoms with E-state index in [0.717, 1.165) is 7.11 Å². The highest BCUT2D eigenvalue weighted by Crippen LogP contribution is 1.94. The number of esters is 1. The highest BCUT2D eigenvalue weighted by molar-refractivity contribution is 7.89. The number of hydrogen-bond acceptors (Lipinski definition) is 5. The quantitative estimate of drug-likeness (QED) is 0.557. The maximum atomic E-state index is 11.2. The van der Waals surface area contributed by atoms with Gasteiger partial charge in [0.25, 0.3) is 0 Å². The Kier molecular flexibility index (Phi) is 5.66. The molecule has 0 heterocycles. The summed E-state index contributed by atoms with van der Waals surface area (Å²) in [5.74, 6) is -0.882. The van der Waals surface area contributed by atoms with E-state index in [0.29, 0.717) is 6.42 Å². The maximum Gasteiger partial charge on any atom is 0.326 e. The second-order valence-electron chi connectivity index (χ2n) is 2.70. The first-order valence-corrected chi connectivity index (χ1v) is 5.80. The van der Waals surface area contributed by atoms with Gasteiger partial charge in [-0.15, -0.1) is 0 Å². The largest absolute Gasteiger partial charge is 0.468 e. The molecule has 0 spiro atoms. The number of aliphatic hydroxyl groups excluding tert-OH is 1. The van der Waals surface area contributed by atoms with E-state index in [9.17, 15) is 13.2 Å². The third kappa shape index (κ3) is 4.54. The van der Waals surface area contributed by atoms with Crippen LogP contribution in [0.1, 0.15) is 13.3 Å². The van der Waals surface area contributed by atoms with Gasteiger partial charge < -0.3 is 9.84 Å². The summed E-state index contributed by atoms with van der Waals surface area (Å²) in [6.07, 6.45) is 0.439. The number of ether oxygens (including phenoxy) is 1. The fraction of sp³-hybridized carbons (Fsp3) is 0.857. The van der Waals surface area contributed by atoms with E-state index in [-0.39, 0.29) is 5.75 Å². The van der Waals surface area contributed by atoms with Crippen molar-refractivity contribution in [2.24, 2.45) is 0 Å². The van der Waals surface area contributed by atoms with Gasteiger partial charge >= 0.3 is 5.97 Å². The first-order valence-electron chi connectivity index (χ1n) is 4.15. The van der Waals surface area contributed by atoms with Gasteiger partial charge in [0.1, 0.15) is 6.04 Å². The van der Waals surface area contributed by atoms with Crippen LogP contribution in [-0.2, 0) is 19.6 Å². The van der Waals surface area contributed by atoms with Crippen LogP contribution in [0.5, 0.6) is 0 Å². The zero-order chi connectivity index (χ0) is 11.2. The molecule has 0 fully saturated rings. The summed E-state index contributed by atoms with van der Waals surface area (Å²) >= 11 is 0. The molecule has 7 heteroatoms. The van der Waals surface area contributed by atoms with E-state index in [1.807, 2.05) is 4.72 Å². The van der Waals surface area contributed by atoms with Gasteiger partial charge in [0.15, 0.2) is 0 Å². The zero-order valence-corrected chi connectivity index (χ0v) is 9.00. The Morgan fingerprint density at radius 2 is 2.14 bits per heavy atom. The molecule has 0 aliphatic heterocycles. The molecule has 6 nitrogen and oxygen atoms in total. The van der Waals surface area contributed by atoms with Crippen LogP contribution in [0.15, 0.2) is 0 Å². The molecule has 0 aromatic carbocycles. The van der Waals surface area contributed by atoms with Crippen LogP contribution < -0.4 is 4.72 Å². The topological polar surface area (TPSA) is 92.7 Å². The van der Waals surface area contributed by atoms with E-state index in [1.165, 1.54) is 0 Å². The van der Waals surface area contributed by atoms with Crippen LogP contribution in [0.3, 0.4) is 0 Å². The zero-order valence-electron chi connectivity index (χ0n) is 8.19. The molecule has 0 bridgehead atoms. The summed E-state index contributed by atoms with van der Waals surface area (Å²) in [5.41, 5.74) is 0. The molecule has 0 aromatic rings. The number of rotatable bonds is 6. The predicted octanol–water partition coefficient (Wildman–Crippen LogP) is -1.15. The minimum Gasteiger partial charge on any atom is -0.468 e.